The van der Waals surface area contributed by atoms with Gasteiger partial charge in [0.15, 0.2) is 11.6 Å². The average Bonchev–Trinajstić information content (AvgIpc) is 2.94. The minimum Gasteiger partial charge on any atom is -0.487 e. The Morgan fingerprint density at radius 2 is 1.94 bits per heavy atom. The van der Waals surface area contributed by atoms with E-state index in [2.05, 4.69) is 0 Å². The van der Waals surface area contributed by atoms with Crippen molar-refractivity contribution in [3.05, 3.63) is 77.1 Å². The Kier molecular flexibility index (Phi) is 6.08. The molecule has 1 heterocycles. The van der Waals surface area contributed by atoms with Crippen LogP contribution in [0.5, 0.6) is 5.75 Å². The Hall–Kier alpha value is -2.73. The summed E-state index contributed by atoms with van der Waals surface area (Å²) in [5, 5.41) is 20.0. The number of hydrogen-bond donors (Lipinski definition) is 2. The Morgan fingerprint density at radius 3 is 2.62 bits per heavy atom. The lowest BCUT2D eigenvalue weighted by Crippen LogP contribution is -2.32. The maximum absolute atomic E-state index is 15.0. The molecule has 4 nitrogen and oxygen atoms in total. The molecular formula is C26H28F2O4. The number of alkyl halides is 1. The summed E-state index contributed by atoms with van der Waals surface area (Å²) in [6, 6.07) is 12.5. The number of carboxylic acid groups (broad SMARTS) is 1. The predicted octanol–water partition coefficient (Wildman–Crippen LogP) is 5.09. The molecule has 32 heavy (non-hydrogen) atoms. The molecule has 0 amide bonds. The molecule has 0 spiro atoms. The first-order valence-electron chi connectivity index (χ1n) is 11.0. The van der Waals surface area contributed by atoms with E-state index < -0.39 is 47.1 Å². The van der Waals surface area contributed by atoms with Gasteiger partial charge in [0, 0.05) is 23.7 Å². The number of halogens is 2. The van der Waals surface area contributed by atoms with E-state index in [-0.39, 0.29) is 18.1 Å². The number of carbonyl (C=O) groups is 1. The molecule has 1 aliphatic heterocycles. The molecule has 1 unspecified atom stereocenters. The van der Waals surface area contributed by atoms with Crippen LogP contribution >= 0.6 is 0 Å². The zero-order chi connectivity index (χ0) is 23.0. The van der Waals surface area contributed by atoms with Gasteiger partial charge in [-0.2, -0.15) is 0 Å². The summed E-state index contributed by atoms with van der Waals surface area (Å²) >= 11 is 0. The first kappa shape index (κ1) is 22.5. The summed E-state index contributed by atoms with van der Waals surface area (Å²) in [4.78, 5) is 11.3. The van der Waals surface area contributed by atoms with Crippen molar-refractivity contribution in [3.8, 4) is 5.75 Å². The first-order chi connectivity index (χ1) is 15.2. The number of carboxylic acids is 1. The van der Waals surface area contributed by atoms with Gasteiger partial charge in [-0.3, -0.25) is 0 Å². The normalized spacial score (nSPS) is 26.2. The number of aromatic carboxylic acids is 1. The smallest absolute Gasteiger partial charge is 0.338 e. The SMILES string of the molecule is CC(C)(c1ccccc1)C(O)/C=C/[C@@H]1[C@H]2CCc3ccc(C(=O)O)c(F)c3O[C@H]2C[C@H]1F. The lowest BCUT2D eigenvalue weighted by atomic mass is 9.78. The standard InChI is InChI=1S/C26H28F2O4/c1-26(2,16-6-4-3-5-7-16)22(29)13-12-17-18-10-8-15-9-11-19(25(30)31)23(28)24(15)32-21(18)14-20(17)27/h3-7,9,11-13,17-18,20-22,29H,8,10,14H2,1-2H3,(H,30,31)/b13-12+/t17-,18-,20-,21+,22?/m1/s1. The van der Waals surface area contributed by atoms with Gasteiger partial charge in [-0.05, 0) is 30.0 Å². The molecule has 1 fully saturated rings. The van der Waals surface area contributed by atoms with Crippen molar-refractivity contribution in [3.63, 3.8) is 0 Å². The van der Waals surface area contributed by atoms with E-state index in [0.29, 0.717) is 18.4 Å². The topological polar surface area (TPSA) is 66.8 Å². The molecule has 2 aromatic rings. The van der Waals surface area contributed by atoms with Crippen LogP contribution in [-0.2, 0) is 11.8 Å². The lowest BCUT2D eigenvalue weighted by molar-refractivity contribution is 0.0689. The van der Waals surface area contributed by atoms with Crippen LogP contribution in [0.15, 0.2) is 54.6 Å². The molecule has 1 saturated carbocycles. The second kappa shape index (κ2) is 8.66. The number of rotatable bonds is 5. The van der Waals surface area contributed by atoms with Gasteiger partial charge in [-0.25, -0.2) is 13.6 Å². The molecule has 170 valence electrons. The molecule has 6 heteroatoms. The average molecular weight is 443 g/mol. The second-order valence-corrected chi connectivity index (χ2v) is 9.33. The molecule has 0 saturated heterocycles. The van der Waals surface area contributed by atoms with Gasteiger partial charge in [0.05, 0.1) is 11.7 Å². The molecule has 0 radical (unpaired) electrons. The highest BCUT2D eigenvalue weighted by Crippen LogP contribution is 2.45. The zero-order valence-corrected chi connectivity index (χ0v) is 18.2. The maximum Gasteiger partial charge on any atom is 0.338 e. The molecule has 2 aliphatic rings. The first-order valence-corrected chi connectivity index (χ1v) is 11.0. The van der Waals surface area contributed by atoms with Crippen molar-refractivity contribution in [1.29, 1.82) is 0 Å². The van der Waals surface area contributed by atoms with E-state index in [1.807, 2.05) is 44.2 Å². The number of fused-ring (bicyclic) bond motifs is 2. The number of ether oxygens (including phenoxy) is 1. The second-order valence-electron chi connectivity index (χ2n) is 9.33. The Morgan fingerprint density at radius 1 is 1.22 bits per heavy atom. The molecule has 5 atom stereocenters. The summed E-state index contributed by atoms with van der Waals surface area (Å²) in [5.74, 6) is -2.98. The fourth-order valence-electron chi connectivity index (χ4n) is 4.92. The largest absolute Gasteiger partial charge is 0.487 e. The van der Waals surface area contributed by atoms with Crippen molar-refractivity contribution in [2.75, 3.05) is 0 Å². The van der Waals surface area contributed by atoms with Crippen LogP contribution in [0.2, 0.25) is 0 Å². The highest BCUT2D eigenvalue weighted by Gasteiger charge is 2.45. The molecule has 2 aromatic carbocycles. The number of hydrogen-bond acceptors (Lipinski definition) is 3. The van der Waals surface area contributed by atoms with Gasteiger partial charge in [-0.15, -0.1) is 0 Å². The molecule has 0 aromatic heterocycles. The lowest BCUT2D eigenvalue weighted by Gasteiger charge is -2.30. The van der Waals surface area contributed by atoms with Crippen molar-refractivity contribution in [2.24, 2.45) is 11.8 Å². The van der Waals surface area contributed by atoms with Crippen molar-refractivity contribution in [2.45, 2.75) is 56.9 Å². The summed E-state index contributed by atoms with van der Waals surface area (Å²) in [7, 11) is 0. The maximum atomic E-state index is 15.0. The fourth-order valence-corrected chi connectivity index (χ4v) is 4.92. The van der Waals surface area contributed by atoms with Crippen LogP contribution in [0.3, 0.4) is 0 Å². The third-order valence-electron chi connectivity index (χ3n) is 7.05. The minimum atomic E-state index is -1.36. The van der Waals surface area contributed by atoms with Crippen LogP contribution in [0.4, 0.5) is 8.78 Å². The van der Waals surface area contributed by atoms with Gasteiger partial charge in [-0.1, -0.05) is 62.4 Å². The monoisotopic (exact) mass is 442 g/mol. The van der Waals surface area contributed by atoms with E-state index in [0.717, 1.165) is 5.56 Å². The van der Waals surface area contributed by atoms with Crippen LogP contribution in [0.1, 0.15) is 48.2 Å². The van der Waals surface area contributed by atoms with Gasteiger partial charge >= 0.3 is 5.97 Å². The number of aliphatic hydroxyl groups excluding tert-OH is 1. The van der Waals surface area contributed by atoms with E-state index in [4.69, 9.17) is 4.74 Å². The molecule has 4 rings (SSSR count). The number of allylic oxidation sites excluding steroid dienone is 1. The minimum absolute atomic E-state index is 0.0699. The summed E-state index contributed by atoms with van der Waals surface area (Å²) in [6.07, 6.45) is 2.04. The van der Waals surface area contributed by atoms with E-state index in [1.165, 1.54) is 6.07 Å². The van der Waals surface area contributed by atoms with Gasteiger partial charge in [0.2, 0.25) is 0 Å². The van der Waals surface area contributed by atoms with Gasteiger partial charge < -0.3 is 14.9 Å². The van der Waals surface area contributed by atoms with Crippen molar-refractivity contribution < 1.29 is 28.5 Å². The van der Waals surface area contributed by atoms with Crippen LogP contribution < -0.4 is 4.74 Å². The van der Waals surface area contributed by atoms with Crippen molar-refractivity contribution >= 4 is 5.97 Å². The fraction of sp³-hybridized carbons (Fsp3) is 0.423. The highest BCUT2D eigenvalue weighted by molar-refractivity contribution is 5.88. The third-order valence-corrected chi connectivity index (χ3v) is 7.05. The molecule has 0 bridgehead atoms. The van der Waals surface area contributed by atoms with Crippen molar-refractivity contribution in [1.82, 2.24) is 0 Å². The summed E-state index contributed by atoms with van der Waals surface area (Å²) < 4.78 is 35.6. The summed E-state index contributed by atoms with van der Waals surface area (Å²) in [6.45, 7) is 3.88. The number of benzene rings is 2. The van der Waals surface area contributed by atoms with E-state index >= 15 is 0 Å². The number of aryl methyl sites for hydroxylation is 1. The molecule has 2 N–H and O–H groups in total. The van der Waals surface area contributed by atoms with Crippen LogP contribution in [0, 0.1) is 17.7 Å². The quantitative estimate of drug-likeness (QED) is 0.634. The Balaban J connectivity index is 1.54. The predicted molar refractivity (Wildman–Crippen MR) is 117 cm³/mol. The number of aliphatic hydroxyl groups is 1. The highest BCUT2D eigenvalue weighted by atomic mass is 19.1. The van der Waals surface area contributed by atoms with E-state index in [1.54, 1.807) is 18.2 Å². The van der Waals surface area contributed by atoms with E-state index in [9.17, 15) is 23.8 Å². The molecule has 1 aliphatic carbocycles. The summed E-state index contributed by atoms with van der Waals surface area (Å²) in [5.41, 5.74) is 0.593. The molecular weight excluding hydrogens is 414 g/mol. The van der Waals surface area contributed by atoms with Crippen LogP contribution in [0.25, 0.3) is 0 Å². The Bertz CT molecular complexity index is 1020. The van der Waals surface area contributed by atoms with Gasteiger partial charge in [0.1, 0.15) is 12.3 Å². The zero-order valence-electron chi connectivity index (χ0n) is 18.2. The third kappa shape index (κ3) is 4.04. The van der Waals surface area contributed by atoms with Crippen LogP contribution in [-0.4, -0.2) is 34.6 Å². The van der Waals surface area contributed by atoms with Gasteiger partial charge in [0.25, 0.3) is 0 Å². The Labute approximate surface area is 186 Å².